The van der Waals surface area contributed by atoms with Crippen molar-refractivity contribution in [2.45, 2.75) is 6.92 Å². The average Bonchev–Trinajstić information content (AvgIpc) is 2.45. The molecule has 6 nitrogen and oxygen atoms in total. The van der Waals surface area contributed by atoms with Gasteiger partial charge in [-0.1, -0.05) is 24.3 Å². The zero-order valence-electron chi connectivity index (χ0n) is 11.6. The Morgan fingerprint density at radius 3 is 2.71 bits per heavy atom. The average molecular weight is 288 g/mol. The van der Waals surface area contributed by atoms with Gasteiger partial charge in [0.15, 0.2) is 6.61 Å². The van der Waals surface area contributed by atoms with Gasteiger partial charge in [0.1, 0.15) is 11.4 Å². The highest BCUT2D eigenvalue weighted by atomic mass is 16.9. The van der Waals surface area contributed by atoms with E-state index in [1.807, 2.05) is 0 Å². The Bertz CT molecular complexity index is 684. The molecule has 2 aromatic carbocycles. The van der Waals surface area contributed by atoms with E-state index in [0.717, 1.165) is 0 Å². The minimum absolute atomic E-state index is 0.136. The highest BCUT2D eigenvalue weighted by Crippen LogP contribution is 2.29. The van der Waals surface area contributed by atoms with Crippen LogP contribution in [-0.2, 0) is 9.63 Å². The lowest BCUT2D eigenvalue weighted by Gasteiger charge is -2.18. The fourth-order valence-corrected chi connectivity index (χ4v) is 1.84. The van der Waals surface area contributed by atoms with Crippen LogP contribution in [0.2, 0.25) is 0 Å². The molecule has 0 radical (unpaired) electrons. The van der Waals surface area contributed by atoms with Gasteiger partial charge in [-0.15, -0.1) is 0 Å². The number of quaternary nitrogens is 1. The highest BCUT2D eigenvalue weighted by Gasteiger charge is 2.10. The molecule has 1 amide bonds. The molecular formula is C15H16N2O4. The number of hydroxylamine groups is 2. The van der Waals surface area contributed by atoms with Crippen LogP contribution >= 0.6 is 0 Å². The molecule has 3 N–H and O–H groups in total. The molecule has 0 aliphatic heterocycles. The number of aromatic hydroxyl groups is 1. The number of fused-ring (bicyclic) bond motifs is 1. The zero-order chi connectivity index (χ0) is 15.4. The van der Waals surface area contributed by atoms with E-state index in [0.29, 0.717) is 16.5 Å². The van der Waals surface area contributed by atoms with Gasteiger partial charge in [0, 0.05) is 23.4 Å². The number of carbonyl (C=O) groups excluding carboxylic acids is 1. The van der Waals surface area contributed by atoms with Gasteiger partial charge in [0.2, 0.25) is 0 Å². The number of amides is 1. The molecule has 110 valence electrons. The van der Waals surface area contributed by atoms with Gasteiger partial charge in [-0.3, -0.25) is 4.79 Å². The Labute approximate surface area is 121 Å². The Morgan fingerprint density at radius 2 is 2.00 bits per heavy atom. The second-order valence-corrected chi connectivity index (χ2v) is 4.58. The molecule has 0 aromatic heterocycles. The van der Waals surface area contributed by atoms with Crippen LogP contribution in [0.5, 0.6) is 5.75 Å². The molecule has 21 heavy (non-hydrogen) atoms. The fraction of sp³-hybridized carbons (Fsp3) is 0.133. The van der Waals surface area contributed by atoms with Crippen LogP contribution in [0, 0.1) is 5.21 Å². The number of carbonyl (C=O) groups is 1. The summed E-state index contributed by atoms with van der Waals surface area (Å²) in [5.41, 5.74) is 0.776. The van der Waals surface area contributed by atoms with Crippen molar-refractivity contribution in [2.24, 2.45) is 0 Å². The molecule has 1 unspecified atom stereocenters. The first-order valence-corrected chi connectivity index (χ1v) is 6.32. The van der Waals surface area contributed by atoms with Gasteiger partial charge in [0.05, 0.1) is 0 Å². The Kier molecular flexibility index (Phi) is 4.54. The van der Waals surface area contributed by atoms with E-state index in [2.05, 4.69) is 11.9 Å². The van der Waals surface area contributed by atoms with Gasteiger partial charge in [-0.05, 0) is 18.7 Å². The van der Waals surface area contributed by atoms with Crippen LogP contribution in [-0.4, -0.2) is 17.6 Å². The largest absolute Gasteiger partial charge is 0.595 e. The molecule has 2 aromatic rings. The highest BCUT2D eigenvalue weighted by molar-refractivity contribution is 6.04. The quantitative estimate of drug-likeness (QED) is 0.725. The minimum Gasteiger partial charge on any atom is -0.595 e. The standard InChI is InChI=1S/C15H16N2O4/c1-10(2)17(20)21-9-15(19)16-13-7-3-6-12-11(13)5-4-8-14(12)18/h3-8,17-18H,1,9H2,2H3,(H,16,19). The van der Waals surface area contributed by atoms with Gasteiger partial charge in [-0.25, -0.2) is 0 Å². The first-order valence-electron chi connectivity index (χ1n) is 6.32. The maximum atomic E-state index is 11.8. The number of nitrogens with one attached hydrogen (secondary N) is 2. The number of anilines is 1. The topological polar surface area (TPSA) is 86.1 Å². The number of hydrogen-bond acceptors (Lipinski definition) is 4. The van der Waals surface area contributed by atoms with E-state index < -0.39 is 11.1 Å². The summed E-state index contributed by atoms with van der Waals surface area (Å²) in [5.74, 6) is -0.322. The van der Waals surface area contributed by atoms with E-state index in [-0.39, 0.29) is 18.1 Å². The van der Waals surface area contributed by atoms with Crippen LogP contribution in [0.3, 0.4) is 0 Å². The normalized spacial score (nSPS) is 12.1. The van der Waals surface area contributed by atoms with Crippen molar-refractivity contribution in [1.82, 2.24) is 0 Å². The lowest BCUT2D eigenvalue weighted by atomic mass is 10.1. The van der Waals surface area contributed by atoms with Gasteiger partial charge >= 0.3 is 0 Å². The Balaban J connectivity index is 2.11. The zero-order valence-corrected chi connectivity index (χ0v) is 11.6. The first-order chi connectivity index (χ1) is 9.99. The molecule has 0 aliphatic carbocycles. The number of hydrogen-bond donors (Lipinski definition) is 3. The van der Waals surface area contributed by atoms with Crippen molar-refractivity contribution in [3.05, 3.63) is 53.9 Å². The second kappa shape index (κ2) is 6.36. The maximum Gasteiger partial charge on any atom is 0.256 e. The van der Waals surface area contributed by atoms with E-state index in [1.54, 1.807) is 36.4 Å². The van der Waals surface area contributed by atoms with Crippen LogP contribution in [0.25, 0.3) is 10.8 Å². The third-order valence-corrected chi connectivity index (χ3v) is 2.86. The minimum atomic E-state index is -0.610. The molecule has 0 spiro atoms. The summed E-state index contributed by atoms with van der Waals surface area (Å²) < 4.78 is 0. The van der Waals surface area contributed by atoms with Crippen LogP contribution in [0.4, 0.5) is 5.69 Å². The molecular weight excluding hydrogens is 272 g/mol. The number of phenolic OH excluding ortho intramolecular Hbond substituents is 1. The summed E-state index contributed by atoms with van der Waals surface area (Å²) in [5, 5.41) is 24.4. The lowest BCUT2D eigenvalue weighted by Crippen LogP contribution is -3.04. The molecule has 0 aliphatic rings. The van der Waals surface area contributed by atoms with Crippen molar-refractivity contribution in [3.63, 3.8) is 0 Å². The number of benzene rings is 2. The molecule has 0 saturated carbocycles. The van der Waals surface area contributed by atoms with Crippen molar-refractivity contribution in [2.75, 3.05) is 11.9 Å². The summed E-state index contributed by atoms with van der Waals surface area (Å²) in [6.45, 7) is 4.55. The summed E-state index contributed by atoms with van der Waals surface area (Å²) >= 11 is 0. The van der Waals surface area contributed by atoms with Crippen molar-refractivity contribution in [1.29, 1.82) is 0 Å². The predicted octanol–water partition coefficient (Wildman–Crippen LogP) is 1.33. The fourth-order valence-electron chi connectivity index (χ4n) is 1.84. The summed E-state index contributed by atoms with van der Waals surface area (Å²) in [4.78, 5) is 16.6. The van der Waals surface area contributed by atoms with Crippen molar-refractivity contribution < 1.29 is 20.0 Å². The SMILES string of the molecule is C=C(C)[NH+]([O-])OCC(=O)Nc1cccc2c(O)cccc12. The van der Waals surface area contributed by atoms with E-state index in [9.17, 15) is 15.1 Å². The van der Waals surface area contributed by atoms with Crippen molar-refractivity contribution >= 4 is 22.4 Å². The van der Waals surface area contributed by atoms with Crippen LogP contribution in [0.15, 0.2) is 48.7 Å². The Morgan fingerprint density at radius 1 is 1.33 bits per heavy atom. The Hall–Kier alpha value is -2.41. The van der Waals surface area contributed by atoms with Gasteiger partial charge in [-0.2, -0.15) is 10.1 Å². The number of rotatable bonds is 5. The molecule has 0 fully saturated rings. The van der Waals surface area contributed by atoms with E-state index >= 15 is 0 Å². The summed E-state index contributed by atoms with van der Waals surface area (Å²) in [6, 6.07) is 10.2. The van der Waals surface area contributed by atoms with Crippen LogP contribution in [0.1, 0.15) is 6.92 Å². The second-order valence-electron chi connectivity index (χ2n) is 4.58. The summed E-state index contributed by atoms with van der Waals surface area (Å²) in [7, 11) is 0. The van der Waals surface area contributed by atoms with Crippen molar-refractivity contribution in [3.8, 4) is 5.75 Å². The molecule has 2 rings (SSSR count). The molecule has 1 atom stereocenters. The van der Waals surface area contributed by atoms with Crippen LogP contribution < -0.4 is 10.5 Å². The third-order valence-electron chi connectivity index (χ3n) is 2.86. The smallest absolute Gasteiger partial charge is 0.256 e. The van der Waals surface area contributed by atoms with E-state index in [4.69, 9.17) is 4.84 Å². The monoisotopic (exact) mass is 288 g/mol. The number of allylic oxidation sites excluding steroid dienone is 1. The summed E-state index contributed by atoms with van der Waals surface area (Å²) in [6.07, 6.45) is 0. The molecule has 0 heterocycles. The maximum absolute atomic E-state index is 11.8. The third kappa shape index (κ3) is 3.57. The molecule has 6 heteroatoms. The predicted molar refractivity (Wildman–Crippen MR) is 79.3 cm³/mol. The molecule has 0 bridgehead atoms. The van der Waals surface area contributed by atoms with E-state index in [1.165, 1.54) is 6.92 Å². The van der Waals surface area contributed by atoms with Gasteiger partial charge < -0.3 is 15.6 Å². The first kappa shape index (κ1) is 15.0. The lowest BCUT2D eigenvalue weighted by molar-refractivity contribution is -1.02. The number of phenols is 1. The molecule has 0 saturated heterocycles. The van der Waals surface area contributed by atoms with Gasteiger partial charge in [0.25, 0.3) is 5.91 Å².